The third kappa shape index (κ3) is 2.86. The van der Waals surface area contributed by atoms with Crippen LogP contribution in [0.5, 0.6) is 0 Å². The fourth-order valence-electron chi connectivity index (χ4n) is 2.04. The van der Waals surface area contributed by atoms with Gasteiger partial charge in [-0.2, -0.15) is 5.26 Å². The smallest absolute Gasteiger partial charge is 0.161 e. The van der Waals surface area contributed by atoms with Gasteiger partial charge in [0.15, 0.2) is 5.78 Å². The van der Waals surface area contributed by atoms with E-state index in [1.807, 2.05) is 24.9 Å². The predicted molar refractivity (Wildman–Crippen MR) is 74.5 cm³/mol. The maximum absolute atomic E-state index is 11.7. The van der Waals surface area contributed by atoms with Crippen LogP contribution in [0.3, 0.4) is 0 Å². The molecule has 5 nitrogen and oxygen atoms in total. The van der Waals surface area contributed by atoms with Crippen molar-refractivity contribution in [1.82, 2.24) is 5.16 Å². The molecule has 5 heteroatoms. The molecule has 20 heavy (non-hydrogen) atoms. The molecule has 0 atom stereocenters. The summed E-state index contributed by atoms with van der Waals surface area (Å²) < 4.78 is 5.03. The van der Waals surface area contributed by atoms with Crippen LogP contribution in [0.1, 0.15) is 34.3 Å². The summed E-state index contributed by atoms with van der Waals surface area (Å²) in [5.41, 5.74) is 2.61. The first-order chi connectivity index (χ1) is 9.51. The Labute approximate surface area is 117 Å². The van der Waals surface area contributed by atoms with E-state index in [1.54, 1.807) is 18.2 Å². The fraction of sp³-hybridized carbons (Fsp3) is 0.267. The average Bonchev–Trinajstić information content (AvgIpc) is 2.83. The van der Waals surface area contributed by atoms with Gasteiger partial charge in [0.1, 0.15) is 11.5 Å². The Morgan fingerprint density at radius 1 is 1.45 bits per heavy atom. The Morgan fingerprint density at radius 3 is 2.75 bits per heavy atom. The highest BCUT2D eigenvalue weighted by Gasteiger charge is 2.14. The van der Waals surface area contributed by atoms with Gasteiger partial charge in [-0.05, 0) is 32.0 Å². The number of benzene rings is 1. The van der Waals surface area contributed by atoms with Gasteiger partial charge >= 0.3 is 0 Å². The molecule has 0 bridgehead atoms. The molecule has 2 aromatic rings. The van der Waals surface area contributed by atoms with Crippen LogP contribution >= 0.6 is 0 Å². The number of anilines is 1. The molecule has 1 heterocycles. The molecular formula is C15H15N3O2. The third-order valence-corrected chi connectivity index (χ3v) is 2.99. The Balaban J connectivity index is 2.34. The molecule has 0 radical (unpaired) electrons. The van der Waals surface area contributed by atoms with Gasteiger partial charge in [0.2, 0.25) is 0 Å². The minimum atomic E-state index is -0.0346. The summed E-state index contributed by atoms with van der Waals surface area (Å²) in [5.74, 6) is 0.707. The van der Waals surface area contributed by atoms with Crippen LogP contribution in [0.4, 0.5) is 5.69 Å². The van der Waals surface area contributed by atoms with E-state index in [-0.39, 0.29) is 5.78 Å². The van der Waals surface area contributed by atoms with E-state index < -0.39 is 0 Å². The highest BCUT2D eigenvalue weighted by atomic mass is 16.5. The summed E-state index contributed by atoms with van der Waals surface area (Å²) in [4.78, 5) is 13.6. The normalized spacial score (nSPS) is 10.1. The number of aromatic nitrogens is 1. The van der Waals surface area contributed by atoms with Crippen molar-refractivity contribution in [2.75, 3.05) is 11.9 Å². The number of aryl methyl sites for hydroxylation is 1. The number of nitriles is 1. The van der Waals surface area contributed by atoms with E-state index in [9.17, 15) is 4.79 Å². The molecule has 0 aliphatic rings. The van der Waals surface area contributed by atoms with Gasteiger partial charge in [-0.1, -0.05) is 5.16 Å². The first-order valence-electron chi connectivity index (χ1n) is 6.19. The van der Waals surface area contributed by atoms with Gasteiger partial charge in [-0.15, -0.1) is 0 Å². The van der Waals surface area contributed by atoms with Crippen LogP contribution < -0.4 is 4.90 Å². The monoisotopic (exact) mass is 269 g/mol. The van der Waals surface area contributed by atoms with E-state index in [0.29, 0.717) is 17.7 Å². The maximum Gasteiger partial charge on any atom is 0.161 e. The summed E-state index contributed by atoms with van der Waals surface area (Å²) >= 11 is 0. The van der Waals surface area contributed by atoms with Crippen molar-refractivity contribution in [3.63, 3.8) is 0 Å². The van der Waals surface area contributed by atoms with Crippen molar-refractivity contribution in [2.24, 2.45) is 0 Å². The lowest BCUT2D eigenvalue weighted by molar-refractivity contribution is 0.101. The number of carbonyl (C=O) groups is 1. The molecule has 1 aromatic carbocycles. The Kier molecular flexibility index (Phi) is 3.85. The summed E-state index contributed by atoms with van der Waals surface area (Å²) in [6, 6.07) is 8.97. The Hall–Kier alpha value is -2.61. The molecule has 2 rings (SSSR count). The number of carbonyl (C=O) groups excluding carboxylic acids is 1. The van der Waals surface area contributed by atoms with E-state index in [4.69, 9.17) is 9.78 Å². The summed E-state index contributed by atoms with van der Waals surface area (Å²) in [7, 11) is 1.85. The Bertz CT molecular complexity index is 683. The zero-order valence-corrected chi connectivity index (χ0v) is 11.7. The van der Waals surface area contributed by atoms with Gasteiger partial charge in [0.25, 0.3) is 0 Å². The molecule has 0 saturated heterocycles. The van der Waals surface area contributed by atoms with E-state index in [2.05, 4.69) is 11.2 Å². The fourth-order valence-corrected chi connectivity index (χ4v) is 2.04. The van der Waals surface area contributed by atoms with Crippen LogP contribution in [-0.4, -0.2) is 18.0 Å². The van der Waals surface area contributed by atoms with Crippen LogP contribution in [0.25, 0.3) is 0 Å². The first-order valence-corrected chi connectivity index (χ1v) is 6.19. The third-order valence-electron chi connectivity index (χ3n) is 2.99. The largest absolute Gasteiger partial charge is 0.368 e. The van der Waals surface area contributed by atoms with Gasteiger partial charge < -0.3 is 9.42 Å². The quantitative estimate of drug-likeness (QED) is 0.798. The zero-order valence-electron chi connectivity index (χ0n) is 11.7. The number of nitrogens with zero attached hydrogens (tertiary/aromatic N) is 3. The van der Waals surface area contributed by atoms with E-state index in [0.717, 1.165) is 17.1 Å². The molecule has 0 aliphatic carbocycles. The van der Waals surface area contributed by atoms with Crippen molar-refractivity contribution >= 4 is 11.5 Å². The second-order valence-corrected chi connectivity index (χ2v) is 4.68. The highest BCUT2D eigenvalue weighted by molar-refractivity contribution is 5.99. The number of hydrogen-bond acceptors (Lipinski definition) is 5. The molecule has 0 aliphatic heterocycles. The van der Waals surface area contributed by atoms with Crippen molar-refractivity contribution in [3.8, 4) is 6.07 Å². The van der Waals surface area contributed by atoms with Gasteiger partial charge in [0, 0.05) is 24.4 Å². The topological polar surface area (TPSA) is 70.1 Å². The standard InChI is InChI=1S/C15H15N3O2/c1-10-6-13(17-20-10)9-18(3)15-7-12(8-16)4-5-14(15)11(2)19/h4-7H,9H2,1-3H3. The molecule has 0 spiro atoms. The molecular weight excluding hydrogens is 254 g/mol. The molecule has 0 fully saturated rings. The zero-order chi connectivity index (χ0) is 14.7. The second kappa shape index (κ2) is 5.57. The highest BCUT2D eigenvalue weighted by Crippen LogP contribution is 2.23. The predicted octanol–water partition coefficient (Wildman–Crippen LogP) is 2.69. The van der Waals surface area contributed by atoms with Crippen molar-refractivity contribution in [2.45, 2.75) is 20.4 Å². The van der Waals surface area contributed by atoms with Crippen molar-refractivity contribution in [1.29, 1.82) is 5.26 Å². The van der Waals surface area contributed by atoms with Crippen molar-refractivity contribution in [3.05, 3.63) is 46.8 Å². The minimum absolute atomic E-state index is 0.0346. The van der Waals surface area contributed by atoms with Crippen LogP contribution in [-0.2, 0) is 6.54 Å². The molecule has 0 amide bonds. The molecule has 0 unspecified atom stereocenters. The SMILES string of the molecule is CC(=O)c1ccc(C#N)cc1N(C)Cc1cc(C)on1. The van der Waals surface area contributed by atoms with Crippen LogP contribution in [0.15, 0.2) is 28.8 Å². The van der Waals surface area contributed by atoms with Gasteiger partial charge in [-0.25, -0.2) is 0 Å². The van der Waals surface area contributed by atoms with Crippen LogP contribution in [0.2, 0.25) is 0 Å². The lowest BCUT2D eigenvalue weighted by Gasteiger charge is -2.20. The summed E-state index contributed by atoms with van der Waals surface area (Å²) in [6.45, 7) is 3.85. The maximum atomic E-state index is 11.7. The number of hydrogen-bond donors (Lipinski definition) is 0. The first kappa shape index (κ1) is 13.8. The van der Waals surface area contributed by atoms with Gasteiger partial charge in [0.05, 0.1) is 18.2 Å². The summed E-state index contributed by atoms with van der Waals surface area (Å²) in [6.07, 6.45) is 0. The number of rotatable bonds is 4. The lowest BCUT2D eigenvalue weighted by Crippen LogP contribution is -2.19. The van der Waals surface area contributed by atoms with Crippen molar-refractivity contribution < 1.29 is 9.32 Å². The number of Topliss-reactive ketones (excluding diaryl/α,β-unsaturated/α-hetero) is 1. The lowest BCUT2D eigenvalue weighted by atomic mass is 10.1. The molecule has 0 saturated carbocycles. The second-order valence-electron chi connectivity index (χ2n) is 4.68. The van der Waals surface area contributed by atoms with Gasteiger partial charge in [-0.3, -0.25) is 4.79 Å². The molecule has 102 valence electrons. The van der Waals surface area contributed by atoms with E-state index in [1.165, 1.54) is 6.92 Å². The average molecular weight is 269 g/mol. The van der Waals surface area contributed by atoms with Crippen LogP contribution in [0, 0.1) is 18.3 Å². The number of ketones is 1. The summed E-state index contributed by atoms with van der Waals surface area (Å²) in [5, 5.41) is 12.9. The molecule has 1 aromatic heterocycles. The Morgan fingerprint density at radius 2 is 2.20 bits per heavy atom. The molecule has 0 N–H and O–H groups in total. The van der Waals surface area contributed by atoms with E-state index >= 15 is 0 Å². The minimum Gasteiger partial charge on any atom is -0.368 e.